The molecule has 0 aliphatic rings. The van der Waals surface area contributed by atoms with Crippen molar-refractivity contribution in [1.82, 2.24) is 4.98 Å². The Kier molecular flexibility index (Phi) is 4.70. The molecule has 2 aromatic carbocycles. The van der Waals surface area contributed by atoms with Crippen LogP contribution in [0.2, 0.25) is 0 Å². The Hall–Kier alpha value is -3.28. The molecular weight excluding hydrogens is 323 g/mol. The molecule has 0 fully saturated rings. The minimum absolute atomic E-state index is 0.159. The number of aromatic nitrogens is 1. The molecule has 1 aromatic heterocycles. The van der Waals surface area contributed by atoms with Crippen molar-refractivity contribution in [3.63, 3.8) is 0 Å². The van der Waals surface area contributed by atoms with Gasteiger partial charge in [-0.1, -0.05) is 12.1 Å². The fourth-order valence-corrected chi connectivity index (χ4v) is 2.38. The van der Waals surface area contributed by atoms with Gasteiger partial charge in [0.2, 0.25) is 0 Å². The molecule has 0 aliphatic heterocycles. The van der Waals surface area contributed by atoms with Crippen LogP contribution in [0.15, 0.2) is 54.7 Å². The molecule has 1 heterocycles. The number of pyridine rings is 1. The molecule has 0 bridgehead atoms. The van der Waals surface area contributed by atoms with Crippen molar-refractivity contribution in [2.24, 2.45) is 0 Å². The molecular formula is C19H15FN2O3. The summed E-state index contributed by atoms with van der Waals surface area (Å²) in [6.07, 6.45) is 1.65. The van der Waals surface area contributed by atoms with E-state index in [-0.39, 0.29) is 17.9 Å². The van der Waals surface area contributed by atoms with Gasteiger partial charge in [0.05, 0.1) is 17.7 Å². The summed E-state index contributed by atoms with van der Waals surface area (Å²) < 4.78 is 18.8. The molecule has 25 heavy (non-hydrogen) atoms. The third-order valence-corrected chi connectivity index (χ3v) is 3.59. The first-order valence-corrected chi connectivity index (χ1v) is 7.71. The van der Waals surface area contributed by atoms with Crippen molar-refractivity contribution in [1.29, 1.82) is 0 Å². The SMILES string of the molecule is CCOC(=O)c1ccc(NC(=O)c2ccc3cccnc3c2)cc1F. The van der Waals surface area contributed by atoms with Crippen molar-refractivity contribution in [2.75, 3.05) is 11.9 Å². The van der Waals surface area contributed by atoms with Gasteiger partial charge in [-0.15, -0.1) is 0 Å². The van der Waals surface area contributed by atoms with Crippen LogP contribution < -0.4 is 5.32 Å². The van der Waals surface area contributed by atoms with Gasteiger partial charge in [-0.3, -0.25) is 9.78 Å². The van der Waals surface area contributed by atoms with Gasteiger partial charge < -0.3 is 10.1 Å². The molecule has 0 atom stereocenters. The second-order valence-corrected chi connectivity index (χ2v) is 5.28. The van der Waals surface area contributed by atoms with E-state index < -0.39 is 17.7 Å². The van der Waals surface area contributed by atoms with Crippen LogP contribution in [0.4, 0.5) is 10.1 Å². The zero-order chi connectivity index (χ0) is 17.8. The fraction of sp³-hybridized carbons (Fsp3) is 0.105. The van der Waals surface area contributed by atoms with Crippen LogP contribution in [0.25, 0.3) is 10.9 Å². The van der Waals surface area contributed by atoms with E-state index in [2.05, 4.69) is 10.3 Å². The molecule has 0 aliphatic carbocycles. The predicted molar refractivity (Wildman–Crippen MR) is 92.1 cm³/mol. The second kappa shape index (κ2) is 7.09. The summed E-state index contributed by atoms with van der Waals surface area (Å²) in [7, 11) is 0. The molecule has 1 amide bonds. The summed E-state index contributed by atoms with van der Waals surface area (Å²) in [6, 6.07) is 12.7. The largest absolute Gasteiger partial charge is 0.462 e. The molecule has 0 saturated heterocycles. The highest BCUT2D eigenvalue weighted by Gasteiger charge is 2.14. The molecule has 126 valence electrons. The molecule has 1 N–H and O–H groups in total. The number of fused-ring (bicyclic) bond motifs is 1. The Labute approximate surface area is 143 Å². The fourth-order valence-electron chi connectivity index (χ4n) is 2.38. The summed E-state index contributed by atoms with van der Waals surface area (Å²) in [5.74, 6) is -1.88. The van der Waals surface area contributed by atoms with Gasteiger partial charge in [0.25, 0.3) is 5.91 Å². The number of rotatable bonds is 4. The van der Waals surface area contributed by atoms with Crippen LogP contribution in [0.5, 0.6) is 0 Å². The average molecular weight is 338 g/mol. The molecule has 6 heteroatoms. The normalized spacial score (nSPS) is 10.5. The Bertz CT molecular complexity index is 956. The van der Waals surface area contributed by atoms with E-state index in [9.17, 15) is 14.0 Å². The lowest BCUT2D eigenvalue weighted by molar-refractivity contribution is 0.0521. The average Bonchev–Trinajstić information content (AvgIpc) is 2.61. The summed E-state index contributed by atoms with van der Waals surface area (Å²) in [5, 5.41) is 3.52. The number of ether oxygens (including phenoxy) is 1. The summed E-state index contributed by atoms with van der Waals surface area (Å²) in [4.78, 5) is 28.1. The number of carbonyl (C=O) groups excluding carboxylic acids is 2. The molecule has 0 radical (unpaired) electrons. The minimum atomic E-state index is -0.753. The number of nitrogens with one attached hydrogen (secondary N) is 1. The lowest BCUT2D eigenvalue weighted by Crippen LogP contribution is -2.13. The van der Waals surface area contributed by atoms with Crippen LogP contribution >= 0.6 is 0 Å². The van der Waals surface area contributed by atoms with Crippen LogP contribution in [0.1, 0.15) is 27.6 Å². The number of amides is 1. The van der Waals surface area contributed by atoms with Gasteiger partial charge in [0.15, 0.2) is 0 Å². The number of halogens is 1. The van der Waals surface area contributed by atoms with Crippen LogP contribution in [-0.2, 0) is 4.74 Å². The van der Waals surface area contributed by atoms with E-state index in [0.717, 1.165) is 11.5 Å². The molecule has 0 saturated carbocycles. The maximum atomic E-state index is 14.0. The Morgan fingerprint density at radius 2 is 2.00 bits per heavy atom. The van der Waals surface area contributed by atoms with E-state index in [1.807, 2.05) is 12.1 Å². The van der Waals surface area contributed by atoms with Gasteiger partial charge >= 0.3 is 5.97 Å². The number of hydrogen-bond acceptors (Lipinski definition) is 4. The van der Waals surface area contributed by atoms with E-state index in [1.165, 1.54) is 12.1 Å². The van der Waals surface area contributed by atoms with Crippen LogP contribution in [-0.4, -0.2) is 23.5 Å². The highest BCUT2D eigenvalue weighted by molar-refractivity contribution is 6.06. The Morgan fingerprint density at radius 3 is 2.76 bits per heavy atom. The predicted octanol–water partition coefficient (Wildman–Crippen LogP) is 3.80. The van der Waals surface area contributed by atoms with E-state index >= 15 is 0 Å². The first kappa shape index (κ1) is 16.6. The van der Waals surface area contributed by atoms with E-state index in [1.54, 1.807) is 31.3 Å². The third kappa shape index (κ3) is 3.63. The molecule has 5 nitrogen and oxygen atoms in total. The monoisotopic (exact) mass is 338 g/mol. The van der Waals surface area contributed by atoms with Crippen LogP contribution in [0.3, 0.4) is 0 Å². The maximum absolute atomic E-state index is 14.0. The number of carbonyl (C=O) groups is 2. The number of benzene rings is 2. The highest BCUT2D eigenvalue weighted by atomic mass is 19.1. The first-order valence-electron chi connectivity index (χ1n) is 7.71. The van der Waals surface area contributed by atoms with Crippen molar-refractivity contribution >= 4 is 28.5 Å². The number of nitrogens with zero attached hydrogens (tertiary/aromatic N) is 1. The molecule has 0 unspecified atom stereocenters. The summed E-state index contributed by atoms with van der Waals surface area (Å²) in [5.41, 5.74) is 1.17. The van der Waals surface area contributed by atoms with Gasteiger partial charge in [0.1, 0.15) is 5.82 Å². The van der Waals surface area contributed by atoms with Gasteiger partial charge in [-0.2, -0.15) is 0 Å². The van der Waals surface area contributed by atoms with Crippen molar-refractivity contribution in [2.45, 2.75) is 6.92 Å². The smallest absolute Gasteiger partial charge is 0.341 e. The standard InChI is InChI=1S/C19H15FN2O3/c1-2-25-19(24)15-8-7-14(11-16(15)20)22-18(23)13-6-5-12-4-3-9-21-17(12)10-13/h3-11H,2H2,1H3,(H,22,23). The van der Waals surface area contributed by atoms with Crippen molar-refractivity contribution in [3.05, 3.63) is 71.7 Å². The third-order valence-electron chi connectivity index (χ3n) is 3.59. The van der Waals surface area contributed by atoms with Crippen molar-refractivity contribution in [3.8, 4) is 0 Å². The minimum Gasteiger partial charge on any atom is -0.462 e. The number of esters is 1. The number of anilines is 1. The van der Waals surface area contributed by atoms with E-state index in [4.69, 9.17) is 4.74 Å². The van der Waals surface area contributed by atoms with Crippen molar-refractivity contribution < 1.29 is 18.7 Å². The second-order valence-electron chi connectivity index (χ2n) is 5.28. The maximum Gasteiger partial charge on any atom is 0.341 e. The summed E-state index contributed by atoms with van der Waals surface area (Å²) in [6.45, 7) is 1.80. The van der Waals surface area contributed by atoms with Gasteiger partial charge in [-0.25, -0.2) is 9.18 Å². The van der Waals surface area contributed by atoms with E-state index in [0.29, 0.717) is 11.1 Å². The lowest BCUT2D eigenvalue weighted by Gasteiger charge is -2.08. The highest BCUT2D eigenvalue weighted by Crippen LogP contribution is 2.18. The zero-order valence-electron chi connectivity index (χ0n) is 13.5. The summed E-state index contributed by atoms with van der Waals surface area (Å²) >= 11 is 0. The first-order chi connectivity index (χ1) is 12.1. The number of hydrogen-bond donors (Lipinski definition) is 1. The molecule has 3 rings (SSSR count). The Morgan fingerprint density at radius 1 is 1.16 bits per heavy atom. The van der Waals surface area contributed by atoms with Crippen LogP contribution in [0, 0.1) is 5.82 Å². The lowest BCUT2D eigenvalue weighted by atomic mass is 10.1. The quantitative estimate of drug-likeness (QED) is 0.735. The zero-order valence-corrected chi connectivity index (χ0v) is 13.5. The van der Waals surface area contributed by atoms with Gasteiger partial charge in [0, 0.05) is 22.8 Å². The Balaban J connectivity index is 1.80. The van der Waals surface area contributed by atoms with Gasteiger partial charge in [-0.05, 0) is 43.3 Å². The molecule has 3 aromatic rings. The topological polar surface area (TPSA) is 68.3 Å². The molecule has 0 spiro atoms.